The number of carbonyl (C=O) groups excluding carboxylic acids is 1. The van der Waals surface area contributed by atoms with Gasteiger partial charge in [-0.3, -0.25) is 14.2 Å². The molecule has 2 aromatic heterocycles. The van der Waals surface area contributed by atoms with Gasteiger partial charge in [0.2, 0.25) is 0 Å². The highest BCUT2D eigenvalue weighted by Gasteiger charge is 2.33. The van der Waals surface area contributed by atoms with Gasteiger partial charge in [-0.05, 0) is 68.0 Å². The fraction of sp³-hybridized carbons (Fsp3) is 0.115. The first-order valence-electron chi connectivity index (χ1n) is 10.6. The lowest BCUT2D eigenvalue weighted by Gasteiger charge is -2.22. The fourth-order valence-corrected chi connectivity index (χ4v) is 5.41. The molecule has 5 rings (SSSR count). The first-order chi connectivity index (χ1) is 16.7. The van der Waals surface area contributed by atoms with Crippen molar-refractivity contribution in [3.05, 3.63) is 107 Å². The highest BCUT2D eigenvalue weighted by atomic mass is 35.5. The predicted molar refractivity (Wildman–Crippen MR) is 137 cm³/mol. The summed E-state index contributed by atoms with van der Waals surface area (Å²) in [5.74, 6) is 0.905. The lowest BCUT2D eigenvalue weighted by molar-refractivity contribution is -0.114. The number of furan rings is 1. The Morgan fingerprint density at radius 2 is 1.86 bits per heavy atom. The van der Waals surface area contributed by atoms with E-state index in [0.717, 1.165) is 11.1 Å². The molecule has 0 amide bonds. The van der Waals surface area contributed by atoms with Crippen molar-refractivity contribution in [3.8, 4) is 17.1 Å². The molecule has 35 heavy (non-hydrogen) atoms. The van der Waals surface area contributed by atoms with Crippen molar-refractivity contribution < 1.29 is 14.3 Å². The molecule has 6 nitrogen and oxygen atoms in total. The second kappa shape index (κ2) is 9.00. The molecule has 0 bridgehead atoms. The highest BCUT2D eigenvalue weighted by molar-refractivity contribution is 7.07. The van der Waals surface area contributed by atoms with Crippen LogP contribution in [0, 0.1) is 0 Å². The normalized spacial score (nSPS) is 15.8. The molecule has 0 aliphatic carbocycles. The molecule has 0 saturated carbocycles. The zero-order chi connectivity index (χ0) is 24.9. The van der Waals surface area contributed by atoms with Crippen LogP contribution in [0.5, 0.6) is 5.75 Å². The zero-order valence-corrected chi connectivity index (χ0v) is 20.9. The Labute approximate surface area is 213 Å². The lowest BCUT2D eigenvalue weighted by atomic mass is 9.98. The van der Waals surface area contributed by atoms with Gasteiger partial charge in [0.05, 0.1) is 14.6 Å². The number of nitrogens with zero attached hydrogens (tertiary/aromatic N) is 2. The van der Waals surface area contributed by atoms with Gasteiger partial charge in [0, 0.05) is 16.8 Å². The minimum atomic E-state index is -0.762. The van der Waals surface area contributed by atoms with Crippen molar-refractivity contribution in [1.29, 1.82) is 0 Å². The number of halogens is 2. The Balaban J connectivity index is 1.68. The van der Waals surface area contributed by atoms with Gasteiger partial charge in [-0.15, -0.1) is 0 Å². The smallest absolute Gasteiger partial charge is 0.271 e. The van der Waals surface area contributed by atoms with Crippen molar-refractivity contribution in [2.75, 3.05) is 0 Å². The standard InChI is InChI=1S/C26H18Cl2N2O4S/c1-13-23(14(2)31)24(21-10-9-20(34-21)16-5-8-18(27)19(28)12-16)30-25(33)22(35-26(30)29-13)11-15-3-6-17(32)7-4-15/h3-12,24,32H,1-2H3/b22-11+/t24-/m1/s1. The molecule has 1 aliphatic heterocycles. The first kappa shape index (κ1) is 23.4. The van der Waals surface area contributed by atoms with Crippen LogP contribution in [0.15, 0.2) is 80.1 Å². The largest absolute Gasteiger partial charge is 0.508 e. The number of ketones is 1. The maximum Gasteiger partial charge on any atom is 0.271 e. The minimum absolute atomic E-state index is 0.140. The van der Waals surface area contributed by atoms with E-state index in [0.29, 0.717) is 42.2 Å². The Kier molecular flexibility index (Phi) is 6.01. The molecule has 0 radical (unpaired) electrons. The number of phenols is 1. The molecule has 0 saturated heterocycles. The van der Waals surface area contributed by atoms with E-state index in [4.69, 9.17) is 27.6 Å². The average Bonchev–Trinajstić information content (AvgIpc) is 3.41. The molecule has 0 fully saturated rings. The third-order valence-electron chi connectivity index (χ3n) is 5.69. The number of benzene rings is 2. The number of rotatable bonds is 4. The third kappa shape index (κ3) is 4.27. The number of aromatic nitrogens is 1. The second-order valence-electron chi connectivity index (χ2n) is 8.06. The maximum absolute atomic E-state index is 13.5. The van der Waals surface area contributed by atoms with Crippen molar-refractivity contribution in [2.24, 2.45) is 4.99 Å². The number of hydrogen-bond donors (Lipinski definition) is 1. The summed E-state index contributed by atoms with van der Waals surface area (Å²) in [6, 6.07) is 14.5. The summed E-state index contributed by atoms with van der Waals surface area (Å²) in [6.45, 7) is 3.21. The summed E-state index contributed by atoms with van der Waals surface area (Å²) in [7, 11) is 0. The van der Waals surface area contributed by atoms with Gasteiger partial charge >= 0.3 is 0 Å². The number of carbonyl (C=O) groups is 1. The van der Waals surface area contributed by atoms with E-state index in [1.165, 1.54) is 22.8 Å². The van der Waals surface area contributed by atoms with Gasteiger partial charge in [0.25, 0.3) is 5.56 Å². The second-order valence-corrected chi connectivity index (χ2v) is 9.88. The Hall–Kier alpha value is -3.39. The minimum Gasteiger partial charge on any atom is -0.508 e. The number of thiazole rings is 1. The van der Waals surface area contributed by atoms with Crippen LogP contribution in [-0.2, 0) is 4.79 Å². The molecule has 1 N–H and O–H groups in total. The Morgan fingerprint density at radius 1 is 1.11 bits per heavy atom. The molecular weight excluding hydrogens is 507 g/mol. The summed E-state index contributed by atoms with van der Waals surface area (Å²) >= 11 is 13.4. The van der Waals surface area contributed by atoms with Crippen LogP contribution >= 0.6 is 34.5 Å². The molecular formula is C26H18Cl2N2O4S. The van der Waals surface area contributed by atoms with Crippen LogP contribution in [-0.4, -0.2) is 15.5 Å². The summed E-state index contributed by atoms with van der Waals surface area (Å²) < 4.78 is 8.11. The zero-order valence-electron chi connectivity index (χ0n) is 18.6. The molecule has 1 atom stereocenters. The van der Waals surface area contributed by atoms with E-state index < -0.39 is 6.04 Å². The van der Waals surface area contributed by atoms with Gasteiger partial charge in [0.15, 0.2) is 10.6 Å². The number of allylic oxidation sites excluding steroid dienone is 2. The van der Waals surface area contributed by atoms with Crippen molar-refractivity contribution in [3.63, 3.8) is 0 Å². The molecule has 4 aromatic rings. The van der Waals surface area contributed by atoms with Gasteiger partial charge < -0.3 is 9.52 Å². The van der Waals surface area contributed by atoms with Crippen LogP contribution in [0.4, 0.5) is 0 Å². The summed E-state index contributed by atoms with van der Waals surface area (Å²) in [5.41, 5.74) is 2.11. The quantitative estimate of drug-likeness (QED) is 0.402. The van der Waals surface area contributed by atoms with E-state index in [2.05, 4.69) is 4.99 Å². The molecule has 0 unspecified atom stereocenters. The lowest BCUT2D eigenvalue weighted by Crippen LogP contribution is -2.39. The van der Waals surface area contributed by atoms with Crippen molar-refractivity contribution in [1.82, 2.24) is 4.57 Å². The number of fused-ring (bicyclic) bond motifs is 1. The van der Waals surface area contributed by atoms with E-state index in [1.807, 2.05) is 0 Å². The maximum atomic E-state index is 13.5. The van der Waals surface area contributed by atoms with Crippen LogP contribution in [0.1, 0.15) is 31.2 Å². The van der Waals surface area contributed by atoms with Gasteiger partial charge in [-0.2, -0.15) is 0 Å². The van der Waals surface area contributed by atoms with Crippen molar-refractivity contribution in [2.45, 2.75) is 19.9 Å². The van der Waals surface area contributed by atoms with E-state index in [1.54, 1.807) is 67.6 Å². The van der Waals surface area contributed by atoms with Crippen molar-refractivity contribution >= 4 is 46.4 Å². The van der Waals surface area contributed by atoms with Crippen LogP contribution in [0.3, 0.4) is 0 Å². The summed E-state index contributed by atoms with van der Waals surface area (Å²) in [6.07, 6.45) is 1.73. The Morgan fingerprint density at radius 3 is 2.54 bits per heavy atom. The predicted octanol–water partition coefficient (Wildman–Crippen LogP) is 5.10. The third-order valence-corrected chi connectivity index (χ3v) is 7.41. The van der Waals surface area contributed by atoms with Gasteiger partial charge in [-0.1, -0.05) is 46.7 Å². The van der Waals surface area contributed by atoms with E-state index in [9.17, 15) is 14.7 Å². The summed E-state index contributed by atoms with van der Waals surface area (Å²) in [5, 5.41) is 10.4. The highest BCUT2D eigenvalue weighted by Crippen LogP contribution is 2.35. The van der Waals surface area contributed by atoms with E-state index >= 15 is 0 Å². The molecule has 1 aliphatic rings. The first-order valence-corrected chi connectivity index (χ1v) is 12.2. The average molecular weight is 525 g/mol. The SMILES string of the molecule is CC(=O)C1=C(C)N=c2s/c(=C/c3ccc(O)cc3)c(=O)n2[C@@H]1c1ccc(-c2ccc(Cl)c(Cl)c2)o1. The van der Waals surface area contributed by atoms with Crippen LogP contribution in [0.2, 0.25) is 10.0 Å². The molecule has 0 spiro atoms. The summed E-state index contributed by atoms with van der Waals surface area (Å²) in [4.78, 5) is 31.2. The molecule has 9 heteroatoms. The number of hydrogen-bond acceptors (Lipinski definition) is 6. The van der Waals surface area contributed by atoms with Gasteiger partial charge in [0.1, 0.15) is 23.3 Å². The number of aromatic hydroxyl groups is 1. The topological polar surface area (TPSA) is 84.8 Å². The van der Waals surface area contributed by atoms with E-state index in [-0.39, 0.29) is 17.1 Å². The molecule has 2 aromatic carbocycles. The molecule has 3 heterocycles. The fourth-order valence-electron chi connectivity index (χ4n) is 4.07. The number of Topliss-reactive ketones (excluding diaryl/α,β-unsaturated/α-hetero) is 1. The molecule has 176 valence electrons. The number of phenolic OH excluding ortho intramolecular Hbond substituents is 1. The van der Waals surface area contributed by atoms with Crippen LogP contribution < -0.4 is 14.9 Å². The van der Waals surface area contributed by atoms with Gasteiger partial charge in [-0.25, -0.2) is 4.99 Å². The van der Waals surface area contributed by atoms with Crippen LogP contribution in [0.25, 0.3) is 17.4 Å². The monoisotopic (exact) mass is 524 g/mol. The Bertz CT molecular complexity index is 1690.